The van der Waals surface area contributed by atoms with Gasteiger partial charge in [-0.1, -0.05) is 15.9 Å². The molecule has 3 fully saturated rings. The number of carbonyl (C=O) groups is 1. The van der Waals surface area contributed by atoms with E-state index in [1.165, 1.54) is 0 Å². The van der Waals surface area contributed by atoms with Gasteiger partial charge in [0.25, 0.3) is 0 Å². The van der Waals surface area contributed by atoms with Crippen molar-refractivity contribution in [3.05, 3.63) is 0 Å². The topological polar surface area (TPSA) is 38.8 Å². The van der Waals surface area contributed by atoms with E-state index in [1.54, 1.807) is 0 Å². The first kappa shape index (κ1) is 9.31. The molecule has 78 valence electrons. The van der Waals surface area contributed by atoms with Crippen LogP contribution in [0.5, 0.6) is 0 Å². The lowest BCUT2D eigenvalue weighted by atomic mass is 9.86. The lowest BCUT2D eigenvalue weighted by molar-refractivity contribution is -0.192. The minimum absolute atomic E-state index is 0.103. The summed E-state index contributed by atoms with van der Waals surface area (Å²) in [5.41, 5.74) is -1.33. The number of hydrogen-bond donors (Lipinski definition) is 0. The van der Waals surface area contributed by atoms with E-state index < -0.39 is 5.60 Å². The summed E-state index contributed by atoms with van der Waals surface area (Å²) in [6.45, 7) is 3.93. The molecule has 3 saturated heterocycles. The van der Waals surface area contributed by atoms with E-state index in [2.05, 4.69) is 22.9 Å². The highest BCUT2D eigenvalue weighted by molar-refractivity contribution is 9.09. The fourth-order valence-electron chi connectivity index (χ4n) is 3.07. The molecule has 0 N–H and O–H groups in total. The van der Waals surface area contributed by atoms with Crippen LogP contribution in [0.1, 0.15) is 26.7 Å². The highest BCUT2D eigenvalue weighted by Gasteiger charge is 2.83. The lowest BCUT2D eigenvalue weighted by Crippen LogP contribution is -2.53. The molecule has 4 heteroatoms. The van der Waals surface area contributed by atoms with Crippen molar-refractivity contribution in [3.8, 4) is 0 Å². The van der Waals surface area contributed by atoms with Gasteiger partial charge in [-0.3, -0.25) is 4.79 Å². The van der Waals surface area contributed by atoms with Crippen molar-refractivity contribution < 1.29 is 14.3 Å². The van der Waals surface area contributed by atoms with E-state index in [4.69, 9.17) is 9.47 Å². The number of carbonyl (C=O) groups excluding carboxylic acids is 1. The molecule has 0 aromatic heterocycles. The summed E-state index contributed by atoms with van der Waals surface area (Å²) in [6, 6.07) is 0. The molecule has 0 aromatic rings. The van der Waals surface area contributed by atoms with E-state index in [0.717, 1.165) is 6.42 Å². The molecule has 1 unspecified atom stereocenters. The van der Waals surface area contributed by atoms with Gasteiger partial charge in [-0.15, -0.1) is 0 Å². The smallest absolute Gasteiger partial charge is 0.167 e. The van der Waals surface area contributed by atoms with Crippen molar-refractivity contribution in [3.63, 3.8) is 0 Å². The summed E-state index contributed by atoms with van der Waals surface area (Å²) in [4.78, 5) is 11.9. The second-order valence-corrected chi connectivity index (χ2v) is 5.45. The van der Waals surface area contributed by atoms with Crippen LogP contribution in [-0.4, -0.2) is 34.0 Å². The van der Waals surface area contributed by atoms with E-state index in [1.807, 2.05) is 6.92 Å². The Hall–Kier alpha value is 0.0700. The van der Waals surface area contributed by atoms with E-state index in [-0.39, 0.29) is 23.1 Å². The molecule has 3 aliphatic rings. The number of alkyl halides is 1. The molecule has 14 heavy (non-hydrogen) atoms. The molecule has 4 atom stereocenters. The number of epoxide rings is 1. The SMILES string of the molecule is C[C@@]12CCC(=O)[C@@](C)(O1)[C@@]1(CBr)OC12. The van der Waals surface area contributed by atoms with Gasteiger partial charge in [0.05, 0.1) is 5.60 Å². The summed E-state index contributed by atoms with van der Waals surface area (Å²) in [7, 11) is 0. The maximum Gasteiger partial charge on any atom is 0.167 e. The first-order chi connectivity index (χ1) is 6.48. The maximum atomic E-state index is 11.9. The Morgan fingerprint density at radius 1 is 1.57 bits per heavy atom. The Kier molecular flexibility index (Phi) is 1.50. The fraction of sp³-hybridized carbons (Fsp3) is 0.900. The molecule has 0 radical (unpaired) electrons. The highest BCUT2D eigenvalue weighted by atomic mass is 79.9. The second-order valence-electron chi connectivity index (χ2n) is 4.89. The third-order valence-electron chi connectivity index (χ3n) is 4.07. The zero-order valence-corrected chi connectivity index (χ0v) is 9.89. The number of fused-ring (bicyclic) bond motifs is 5. The fourth-order valence-corrected chi connectivity index (χ4v) is 4.03. The van der Waals surface area contributed by atoms with Crippen LogP contribution in [0.3, 0.4) is 0 Å². The predicted octanol–water partition coefficient (Wildman–Crippen LogP) is 1.43. The lowest BCUT2D eigenvalue weighted by Gasteiger charge is -2.39. The van der Waals surface area contributed by atoms with Gasteiger partial charge in [-0.05, 0) is 20.3 Å². The van der Waals surface area contributed by atoms with E-state index in [0.29, 0.717) is 11.8 Å². The first-order valence-electron chi connectivity index (χ1n) is 4.96. The Bertz CT molecular complexity index is 331. The molecular formula is C10H13BrO3. The summed E-state index contributed by atoms with van der Waals surface area (Å²) < 4.78 is 11.7. The molecule has 0 amide bonds. The Morgan fingerprint density at radius 2 is 2.29 bits per heavy atom. The van der Waals surface area contributed by atoms with Crippen LogP contribution in [0, 0.1) is 0 Å². The molecule has 2 bridgehead atoms. The van der Waals surface area contributed by atoms with Crippen molar-refractivity contribution in [1.82, 2.24) is 0 Å². The van der Waals surface area contributed by atoms with Crippen molar-refractivity contribution in [1.29, 1.82) is 0 Å². The second kappa shape index (κ2) is 2.25. The van der Waals surface area contributed by atoms with Crippen LogP contribution >= 0.6 is 15.9 Å². The average molecular weight is 261 g/mol. The van der Waals surface area contributed by atoms with Crippen LogP contribution in [0.4, 0.5) is 0 Å². The Morgan fingerprint density at radius 3 is 2.93 bits per heavy atom. The molecule has 0 aromatic carbocycles. The van der Waals surface area contributed by atoms with Gasteiger partial charge in [0.15, 0.2) is 11.4 Å². The summed E-state index contributed by atoms with van der Waals surface area (Å²) in [5, 5.41) is 0.683. The Labute approximate surface area is 91.3 Å². The monoisotopic (exact) mass is 260 g/mol. The van der Waals surface area contributed by atoms with Crippen LogP contribution in [0.2, 0.25) is 0 Å². The van der Waals surface area contributed by atoms with Crippen molar-refractivity contribution >= 4 is 21.7 Å². The zero-order valence-electron chi connectivity index (χ0n) is 8.30. The minimum atomic E-state index is -0.714. The van der Waals surface area contributed by atoms with Crippen molar-refractivity contribution in [2.45, 2.75) is 49.6 Å². The molecule has 0 spiro atoms. The van der Waals surface area contributed by atoms with Crippen LogP contribution in [0.25, 0.3) is 0 Å². The number of ketones is 1. The summed E-state index contributed by atoms with van der Waals surface area (Å²) >= 11 is 3.44. The maximum absolute atomic E-state index is 11.9. The standard InChI is InChI=1S/C10H13BrO3/c1-8-4-3-6(12)9(2,14-8)10(5-11)7(8)13-10/h7H,3-5H2,1-2H3/t7?,8-,9+,10-/m0/s1. The number of halogens is 1. The largest absolute Gasteiger partial charge is 0.358 e. The third kappa shape index (κ3) is 0.728. The average Bonchev–Trinajstić information content (AvgIpc) is 2.86. The van der Waals surface area contributed by atoms with Gasteiger partial charge < -0.3 is 9.47 Å². The van der Waals surface area contributed by atoms with Crippen LogP contribution in [0.15, 0.2) is 0 Å². The molecule has 3 rings (SSSR count). The predicted molar refractivity (Wildman–Crippen MR) is 53.5 cm³/mol. The van der Waals surface area contributed by atoms with E-state index in [9.17, 15) is 4.79 Å². The van der Waals surface area contributed by atoms with Crippen LogP contribution < -0.4 is 0 Å². The normalized spacial score (nSPS) is 59.9. The van der Waals surface area contributed by atoms with Gasteiger partial charge >= 0.3 is 0 Å². The summed E-state index contributed by atoms with van der Waals surface area (Å²) in [5.74, 6) is 0.189. The number of rotatable bonds is 1. The van der Waals surface area contributed by atoms with Crippen LogP contribution in [-0.2, 0) is 14.3 Å². The minimum Gasteiger partial charge on any atom is -0.358 e. The molecular weight excluding hydrogens is 248 g/mol. The number of Topliss-reactive ketones (excluding diaryl/α,β-unsaturated/α-hetero) is 1. The Balaban J connectivity index is 2.11. The highest BCUT2D eigenvalue weighted by Crippen LogP contribution is 2.65. The molecule has 3 nitrogen and oxygen atoms in total. The number of ether oxygens (including phenoxy) is 2. The van der Waals surface area contributed by atoms with Crippen molar-refractivity contribution in [2.24, 2.45) is 0 Å². The van der Waals surface area contributed by atoms with Gasteiger partial charge in [-0.2, -0.15) is 0 Å². The van der Waals surface area contributed by atoms with Gasteiger partial charge in [0, 0.05) is 11.8 Å². The zero-order chi connectivity index (χ0) is 10.2. The molecule has 3 heterocycles. The molecule has 3 aliphatic heterocycles. The third-order valence-corrected chi connectivity index (χ3v) is 4.91. The van der Waals surface area contributed by atoms with E-state index >= 15 is 0 Å². The number of hydrogen-bond acceptors (Lipinski definition) is 3. The molecule has 0 aliphatic carbocycles. The quantitative estimate of drug-likeness (QED) is 0.529. The summed E-state index contributed by atoms with van der Waals surface area (Å²) in [6.07, 6.45) is 1.52. The van der Waals surface area contributed by atoms with Gasteiger partial charge in [0.1, 0.15) is 11.7 Å². The van der Waals surface area contributed by atoms with Gasteiger partial charge in [0.2, 0.25) is 0 Å². The van der Waals surface area contributed by atoms with Crippen molar-refractivity contribution in [2.75, 3.05) is 5.33 Å². The first-order valence-corrected chi connectivity index (χ1v) is 6.08. The molecule has 0 saturated carbocycles. The van der Waals surface area contributed by atoms with Gasteiger partial charge in [-0.25, -0.2) is 0 Å².